The molecule has 1 aromatic heterocycles. The van der Waals surface area contributed by atoms with Gasteiger partial charge in [0, 0.05) is 31.8 Å². The molecule has 134 valence electrons. The maximum absolute atomic E-state index is 12.1. The summed E-state index contributed by atoms with van der Waals surface area (Å²) in [6.07, 6.45) is 2.32. The van der Waals surface area contributed by atoms with Gasteiger partial charge in [-0.3, -0.25) is 4.98 Å². The van der Waals surface area contributed by atoms with E-state index in [1.54, 1.807) is 4.31 Å². The van der Waals surface area contributed by atoms with E-state index in [0.29, 0.717) is 32.7 Å². The average molecular weight is 354 g/mol. The Morgan fingerprint density at radius 3 is 2.92 bits per heavy atom. The van der Waals surface area contributed by atoms with Gasteiger partial charge in [0.25, 0.3) is 0 Å². The van der Waals surface area contributed by atoms with Crippen molar-refractivity contribution in [3.05, 3.63) is 29.6 Å². The van der Waals surface area contributed by atoms with Gasteiger partial charge in [-0.1, -0.05) is 13.0 Å². The number of aromatic nitrogens is 1. The molecular weight excluding hydrogens is 328 g/mol. The minimum atomic E-state index is -3.12. The second kappa shape index (κ2) is 7.07. The second-order valence-electron chi connectivity index (χ2n) is 6.81. The van der Waals surface area contributed by atoms with Gasteiger partial charge < -0.3 is 9.47 Å². The van der Waals surface area contributed by atoms with Crippen LogP contribution in [0.15, 0.2) is 18.2 Å². The van der Waals surface area contributed by atoms with Crippen LogP contribution in [0.2, 0.25) is 0 Å². The summed E-state index contributed by atoms with van der Waals surface area (Å²) in [5.41, 5.74) is 1.55. The Labute approximate surface area is 144 Å². The van der Waals surface area contributed by atoms with Gasteiger partial charge in [-0.15, -0.1) is 0 Å². The monoisotopic (exact) mass is 354 g/mol. The molecular formula is C17H26N2O4S. The molecule has 0 saturated carbocycles. The Bertz CT molecular complexity index is 671. The van der Waals surface area contributed by atoms with Gasteiger partial charge in [0.1, 0.15) is 0 Å². The smallest absolute Gasteiger partial charge is 0.214 e. The Hall–Kier alpha value is -1.02. The number of rotatable bonds is 6. The SMILES string of the molecule is CCCS(=O)(=O)N1CC2(C[C@@H](OCc3cccc(C)n3)CCO2)C1. The average Bonchev–Trinajstić information content (AvgIpc) is 2.51. The lowest BCUT2D eigenvalue weighted by Crippen LogP contribution is -2.67. The standard InChI is InChI=1S/C17H26N2O4S/c1-3-9-24(20,21)19-12-17(13-19)10-16(7-8-23-17)22-11-15-6-4-5-14(2)18-15/h4-6,16H,3,7-13H2,1-2H3/t16-/m0/s1. The number of hydrogen-bond acceptors (Lipinski definition) is 5. The Morgan fingerprint density at radius 2 is 2.21 bits per heavy atom. The quantitative estimate of drug-likeness (QED) is 0.780. The highest BCUT2D eigenvalue weighted by Crippen LogP contribution is 2.37. The number of nitrogens with zero attached hydrogens (tertiary/aromatic N) is 2. The normalized spacial score (nSPS) is 24.0. The summed E-state index contributed by atoms with van der Waals surface area (Å²) in [5.74, 6) is 0.210. The number of pyridine rings is 1. The summed E-state index contributed by atoms with van der Waals surface area (Å²) in [6, 6.07) is 5.91. The summed E-state index contributed by atoms with van der Waals surface area (Å²) < 4.78 is 37.6. The molecule has 1 aromatic rings. The van der Waals surface area contributed by atoms with E-state index in [-0.39, 0.29) is 17.5 Å². The molecule has 1 atom stereocenters. The van der Waals surface area contributed by atoms with Gasteiger partial charge in [-0.2, -0.15) is 4.31 Å². The molecule has 0 aliphatic carbocycles. The van der Waals surface area contributed by atoms with Gasteiger partial charge in [-0.25, -0.2) is 8.42 Å². The first-order chi connectivity index (χ1) is 11.4. The molecule has 6 nitrogen and oxygen atoms in total. The van der Waals surface area contributed by atoms with Crippen LogP contribution in [-0.2, 0) is 26.1 Å². The summed E-state index contributed by atoms with van der Waals surface area (Å²) in [6.45, 7) is 5.86. The third-order valence-corrected chi connectivity index (χ3v) is 6.61. The van der Waals surface area contributed by atoms with E-state index in [2.05, 4.69) is 4.98 Å². The largest absolute Gasteiger partial charge is 0.372 e. The van der Waals surface area contributed by atoms with Crippen molar-refractivity contribution in [1.29, 1.82) is 0 Å². The zero-order valence-corrected chi connectivity index (χ0v) is 15.2. The lowest BCUT2D eigenvalue weighted by atomic mass is 9.86. The number of hydrogen-bond donors (Lipinski definition) is 0. The fraction of sp³-hybridized carbons (Fsp3) is 0.706. The van der Waals surface area contributed by atoms with Crippen LogP contribution < -0.4 is 0 Å². The summed E-state index contributed by atoms with van der Waals surface area (Å²) >= 11 is 0. The van der Waals surface area contributed by atoms with E-state index in [9.17, 15) is 8.42 Å². The molecule has 2 fully saturated rings. The van der Waals surface area contributed by atoms with Crippen LogP contribution in [-0.4, -0.2) is 54.9 Å². The highest BCUT2D eigenvalue weighted by molar-refractivity contribution is 7.89. The Morgan fingerprint density at radius 1 is 1.42 bits per heavy atom. The molecule has 3 heterocycles. The summed E-state index contributed by atoms with van der Waals surface area (Å²) in [7, 11) is -3.12. The van der Waals surface area contributed by atoms with Crippen molar-refractivity contribution >= 4 is 10.0 Å². The molecule has 2 aliphatic rings. The molecule has 0 aromatic carbocycles. The molecule has 3 rings (SSSR count). The molecule has 24 heavy (non-hydrogen) atoms. The van der Waals surface area contributed by atoms with Crippen LogP contribution in [0.4, 0.5) is 0 Å². The van der Waals surface area contributed by atoms with Crippen LogP contribution in [0.1, 0.15) is 37.6 Å². The molecule has 0 N–H and O–H groups in total. The van der Waals surface area contributed by atoms with E-state index in [4.69, 9.17) is 9.47 Å². The topological polar surface area (TPSA) is 68.7 Å². The first-order valence-corrected chi connectivity index (χ1v) is 10.2. The predicted molar refractivity (Wildman–Crippen MR) is 91.1 cm³/mol. The first kappa shape index (κ1) is 17.8. The minimum absolute atomic E-state index is 0.0945. The van der Waals surface area contributed by atoms with Crippen LogP contribution in [0.25, 0.3) is 0 Å². The van der Waals surface area contributed by atoms with Crippen molar-refractivity contribution in [1.82, 2.24) is 9.29 Å². The van der Waals surface area contributed by atoms with E-state index < -0.39 is 10.0 Å². The zero-order valence-electron chi connectivity index (χ0n) is 14.4. The molecule has 2 aliphatic heterocycles. The van der Waals surface area contributed by atoms with Crippen LogP contribution in [0, 0.1) is 6.92 Å². The van der Waals surface area contributed by atoms with Gasteiger partial charge in [0.15, 0.2) is 0 Å². The molecule has 7 heteroatoms. The fourth-order valence-electron chi connectivity index (χ4n) is 3.41. The van der Waals surface area contributed by atoms with Gasteiger partial charge in [0.2, 0.25) is 10.0 Å². The maximum atomic E-state index is 12.1. The Kier molecular flexibility index (Phi) is 5.24. The van der Waals surface area contributed by atoms with Crippen molar-refractivity contribution < 1.29 is 17.9 Å². The maximum Gasteiger partial charge on any atom is 0.214 e. The predicted octanol–water partition coefficient (Wildman–Crippen LogP) is 1.88. The summed E-state index contributed by atoms with van der Waals surface area (Å²) in [5, 5.41) is 0. The van der Waals surface area contributed by atoms with Crippen LogP contribution in [0.3, 0.4) is 0 Å². The molecule has 0 radical (unpaired) electrons. The number of aryl methyl sites for hydroxylation is 1. The minimum Gasteiger partial charge on any atom is -0.372 e. The highest BCUT2D eigenvalue weighted by atomic mass is 32.2. The van der Waals surface area contributed by atoms with Crippen LogP contribution in [0.5, 0.6) is 0 Å². The van der Waals surface area contributed by atoms with E-state index in [1.807, 2.05) is 32.0 Å². The second-order valence-corrected chi connectivity index (χ2v) is 8.90. The zero-order chi connectivity index (χ0) is 17.2. The summed E-state index contributed by atoms with van der Waals surface area (Å²) in [4.78, 5) is 4.45. The molecule has 0 bridgehead atoms. The van der Waals surface area contributed by atoms with Crippen molar-refractivity contribution in [3.63, 3.8) is 0 Å². The van der Waals surface area contributed by atoms with Crippen molar-refractivity contribution in [2.45, 2.75) is 51.4 Å². The molecule has 0 unspecified atom stereocenters. The van der Waals surface area contributed by atoms with E-state index >= 15 is 0 Å². The van der Waals surface area contributed by atoms with Crippen molar-refractivity contribution in [2.75, 3.05) is 25.4 Å². The van der Waals surface area contributed by atoms with Gasteiger partial charge >= 0.3 is 0 Å². The van der Waals surface area contributed by atoms with Gasteiger partial charge in [0.05, 0.1) is 29.8 Å². The first-order valence-electron chi connectivity index (χ1n) is 8.58. The fourth-order valence-corrected chi connectivity index (χ4v) is 5.05. The van der Waals surface area contributed by atoms with Crippen LogP contribution >= 0.6 is 0 Å². The lowest BCUT2D eigenvalue weighted by Gasteiger charge is -2.52. The number of ether oxygens (including phenoxy) is 2. The van der Waals surface area contributed by atoms with E-state index in [1.165, 1.54) is 0 Å². The third kappa shape index (κ3) is 3.96. The van der Waals surface area contributed by atoms with Gasteiger partial charge in [-0.05, 0) is 31.9 Å². The van der Waals surface area contributed by atoms with E-state index in [0.717, 1.165) is 24.2 Å². The highest BCUT2D eigenvalue weighted by Gasteiger charge is 2.51. The number of sulfonamides is 1. The molecule has 0 amide bonds. The van der Waals surface area contributed by atoms with Crippen molar-refractivity contribution in [3.8, 4) is 0 Å². The Balaban J connectivity index is 1.52. The lowest BCUT2D eigenvalue weighted by molar-refractivity contribution is -0.180. The van der Waals surface area contributed by atoms with Crippen molar-refractivity contribution in [2.24, 2.45) is 0 Å². The third-order valence-electron chi connectivity index (χ3n) is 4.65. The molecule has 1 spiro atoms. The molecule has 2 saturated heterocycles.